The van der Waals surface area contributed by atoms with Gasteiger partial charge in [-0.3, -0.25) is 4.79 Å². The molecule has 2 aliphatic rings. The second-order valence-corrected chi connectivity index (χ2v) is 7.08. The quantitative estimate of drug-likeness (QED) is 0.827. The van der Waals surface area contributed by atoms with E-state index in [9.17, 15) is 4.79 Å². The van der Waals surface area contributed by atoms with Crippen LogP contribution in [-0.4, -0.2) is 31.6 Å². The van der Waals surface area contributed by atoms with Crippen molar-refractivity contribution in [1.29, 1.82) is 0 Å². The lowest BCUT2D eigenvalue weighted by Crippen LogP contribution is -2.39. The van der Waals surface area contributed by atoms with Gasteiger partial charge in [0.15, 0.2) is 0 Å². The summed E-state index contributed by atoms with van der Waals surface area (Å²) < 4.78 is 0.894. The fraction of sp³-hybridized carbons (Fsp3) is 0.562. The summed E-state index contributed by atoms with van der Waals surface area (Å²) >= 11 is 3.43. The Morgan fingerprint density at radius 1 is 1.33 bits per heavy atom. The SMILES string of the molecule is NC(=O)c1cc(Br)ccc1N(CC1CC1)CC1CCCN1. The average Bonchev–Trinajstić information content (AvgIpc) is 3.11. The molecule has 1 saturated carbocycles. The summed E-state index contributed by atoms with van der Waals surface area (Å²) in [6, 6.07) is 6.36. The average molecular weight is 352 g/mol. The number of primary amides is 1. The molecule has 3 rings (SSSR count). The van der Waals surface area contributed by atoms with Crippen molar-refractivity contribution in [3.63, 3.8) is 0 Å². The third-order valence-electron chi connectivity index (χ3n) is 4.34. The second kappa shape index (κ2) is 6.36. The Labute approximate surface area is 134 Å². The summed E-state index contributed by atoms with van der Waals surface area (Å²) in [6.07, 6.45) is 5.06. The molecule has 1 aliphatic heterocycles. The van der Waals surface area contributed by atoms with Crippen molar-refractivity contribution in [3.05, 3.63) is 28.2 Å². The highest BCUT2D eigenvalue weighted by Crippen LogP contribution is 2.33. The summed E-state index contributed by atoms with van der Waals surface area (Å²) in [5.74, 6) is 0.419. The lowest BCUT2D eigenvalue weighted by molar-refractivity contribution is 0.100. The number of amides is 1. The summed E-state index contributed by atoms with van der Waals surface area (Å²) in [7, 11) is 0. The summed E-state index contributed by atoms with van der Waals surface area (Å²) in [5.41, 5.74) is 7.17. The molecule has 5 heteroatoms. The Hall–Kier alpha value is -1.07. The third kappa shape index (κ3) is 3.77. The highest BCUT2D eigenvalue weighted by atomic mass is 79.9. The van der Waals surface area contributed by atoms with E-state index in [1.54, 1.807) is 0 Å². The normalized spacial score (nSPS) is 21.5. The Kier molecular flexibility index (Phi) is 4.50. The number of nitrogens with one attached hydrogen (secondary N) is 1. The van der Waals surface area contributed by atoms with Crippen LogP contribution in [0.15, 0.2) is 22.7 Å². The van der Waals surface area contributed by atoms with Crippen LogP contribution >= 0.6 is 15.9 Å². The molecule has 0 bridgehead atoms. The Morgan fingerprint density at radius 3 is 2.76 bits per heavy atom. The number of benzene rings is 1. The van der Waals surface area contributed by atoms with E-state index in [1.165, 1.54) is 25.7 Å². The van der Waals surface area contributed by atoms with Gasteiger partial charge in [0.1, 0.15) is 0 Å². The van der Waals surface area contributed by atoms with Crippen molar-refractivity contribution in [2.24, 2.45) is 11.7 Å². The first-order chi connectivity index (χ1) is 10.1. The molecule has 21 heavy (non-hydrogen) atoms. The van der Waals surface area contributed by atoms with E-state index in [4.69, 9.17) is 5.73 Å². The smallest absolute Gasteiger partial charge is 0.250 e. The maximum atomic E-state index is 11.8. The zero-order valence-electron chi connectivity index (χ0n) is 12.1. The van der Waals surface area contributed by atoms with Gasteiger partial charge in [-0.25, -0.2) is 0 Å². The van der Waals surface area contributed by atoms with Gasteiger partial charge in [0.2, 0.25) is 0 Å². The molecular formula is C16H22BrN3O. The van der Waals surface area contributed by atoms with Gasteiger partial charge in [-0.15, -0.1) is 0 Å². The molecule has 0 spiro atoms. The van der Waals surface area contributed by atoms with E-state index in [0.29, 0.717) is 11.6 Å². The van der Waals surface area contributed by atoms with Gasteiger partial charge >= 0.3 is 0 Å². The van der Waals surface area contributed by atoms with Crippen LogP contribution < -0.4 is 16.0 Å². The molecule has 1 saturated heterocycles. The van der Waals surface area contributed by atoms with E-state index in [0.717, 1.165) is 35.7 Å². The van der Waals surface area contributed by atoms with Crippen LogP contribution in [0.4, 0.5) is 5.69 Å². The van der Waals surface area contributed by atoms with Crippen molar-refractivity contribution < 1.29 is 4.79 Å². The van der Waals surface area contributed by atoms with Gasteiger partial charge in [-0.1, -0.05) is 15.9 Å². The zero-order valence-corrected chi connectivity index (χ0v) is 13.7. The zero-order chi connectivity index (χ0) is 14.8. The van der Waals surface area contributed by atoms with Crippen molar-refractivity contribution in [2.75, 3.05) is 24.5 Å². The van der Waals surface area contributed by atoms with Crippen LogP contribution in [0.3, 0.4) is 0 Å². The number of anilines is 1. The predicted octanol–water partition coefficient (Wildman–Crippen LogP) is 2.52. The van der Waals surface area contributed by atoms with E-state index < -0.39 is 0 Å². The number of rotatable bonds is 6. The largest absolute Gasteiger partial charge is 0.369 e. The lowest BCUT2D eigenvalue weighted by Gasteiger charge is -2.29. The highest BCUT2D eigenvalue weighted by molar-refractivity contribution is 9.10. The first kappa shape index (κ1) is 14.9. The monoisotopic (exact) mass is 351 g/mol. The van der Waals surface area contributed by atoms with Crippen molar-refractivity contribution in [3.8, 4) is 0 Å². The topological polar surface area (TPSA) is 58.4 Å². The third-order valence-corrected chi connectivity index (χ3v) is 4.84. The molecule has 1 aromatic rings. The van der Waals surface area contributed by atoms with Gasteiger partial charge in [0.25, 0.3) is 5.91 Å². The number of carbonyl (C=O) groups excluding carboxylic acids is 1. The maximum Gasteiger partial charge on any atom is 0.250 e. The van der Waals surface area contributed by atoms with E-state index in [1.807, 2.05) is 18.2 Å². The van der Waals surface area contributed by atoms with Crippen LogP contribution in [-0.2, 0) is 0 Å². The van der Waals surface area contributed by atoms with Crippen molar-refractivity contribution in [2.45, 2.75) is 31.7 Å². The van der Waals surface area contributed by atoms with Crippen LogP contribution in [0, 0.1) is 5.92 Å². The minimum absolute atomic E-state index is 0.355. The molecule has 1 heterocycles. The summed E-state index contributed by atoms with van der Waals surface area (Å²) in [4.78, 5) is 14.1. The number of hydrogen-bond acceptors (Lipinski definition) is 3. The van der Waals surface area contributed by atoms with Gasteiger partial charge in [0, 0.05) is 29.3 Å². The number of carbonyl (C=O) groups is 1. The summed E-state index contributed by atoms with van der Waals surface area (Å²) in [5, 5.41) is 3.54. The molecule has 2 fully saturated rings. The molecule has 1 unspecified atom stereocenters. The molecule has 1 aliphatic carbocycles. The molecule has 1 aromatic carbocycles. The van der Waals surface area contributed by atoms with Crippen LogP contribution in [0.25, 0.3) is 0 Å². The Balaban J connectivity index is 1.85. The van der Waals surface area contributed by atoms with E-state index >= 15 is 0 Å². The van der Waals surface area contributed by atoms with Crippen molar-refractivity contribution in [1.82, 2.24) is 5.32 Å². The van der Waals surface area contributed by atoms with Crippen LogP contribution in [0.5, 0.6) is 0 Å². The maximum absolute atomic E-state index is 11.8. The molecule has 4 nitrogen and oxygen atoms in total. The number of hydrogen-bond donors (Lipinski definition) is 2. The molecule has 114 valence electrons. The van der Waals surface area contributed by atoms with Gasteiger partial charge in [-0.2, -0.15) is 0 Å². The van der Waals surface area contributed by atoms with Crippen LogP contribution in [0.1, 0.15) is 36.0 Å². The van der Waals surface area contributed by atoms with E-state index in [-0.39, 0.29) is 5.91 Å². The molecular weight excluding hydrogens is 330 g/mol. The molecule has 1 amide bonds. The molecule has 0 aromatic heterocycles. The number of nitrogens with zero attached hydrogens (tertiary/aromatic N) is 1. The van der Waals surface area contributed by atoms with Crippen LogP contribution in [0.2, 0.25) is 0 Å². The Bertz CT molecular complexity index is 524. The lowest BCUT2D eigenvalue weighted by atomic mass is 10.1. The Morgan fingerprint density at radius 2 is 2.14 bits per heavy atom. The fourth-order valence-corrected chi connectivity index (χ4v) is 3.40. The standard InChI is InChI=1S/C16H22BrN3O/c17-12-5-6-15(14(8-12)16(18)21)20(9-11-3-4-11)10-13-2-1-7-19-13/h5-6,8,11,13,19H,1-4,7,9-10H2,(H2,18,21). The number of halogens is 1. The minimum Gasteiger partial charge on any atom is -0.369 e. The number of nitrogens with two attached hydrogens (primary N) is 1. The first-order valence-corrected chi connectivity index (χ1v) is 8.50. The second-order valence-electron chi connectivity index (χ2n) is 6.17. The highest BCUT2D eigenvalue weighted by Gasteiger charge is 2.28. The fourth-order valence-electron chi connectivity index (χ4n) is 3.04. The molecule has 3 N–H and O–H groups in total. The first-order valence-electron chi connectivity index (χ1n) is 7.71. The van der Waals surface area contributed by atoms with Gasteiger partial charge in [-0.05, 0) is 56.3 Å². The molecule has 1 atom stereocenters. The minimum atomic E-state index is -0.355. The molecule has 0 radical (unpaired) electrons. The van der Waals surface area contributed by atoms with E-state index in [2.05, 4.69) is 26.1 Å². The van der Waals surface area contributed by atoms with Gasteiger partial charge < -0.3 is 16.0 Å². The van der Waals surface area contributed by atoms with Gasteiger partial charge in [0.05, 0.1) is 5.56 Å². The van der Waals surface area contributed by atoms with Crippen molar-refractivity contribution >= 4 is 27.5 Å². The summed E-state index contributed by atoms with van der Waals surface area (Å²) in [6.45, 7) is 3.09. The predicted molar refractivity (Wildman–Crippen MR) is 88.6 cm³/mol.